The maximum atomic E-state index is 12.7. The van der Waals surface area contributed by atoms with Crippen LogP contribution in [0.4, 0.5) is 13.2 Å². The minimum absolute atomic E-state index is 0.260. The summed E-state index contributed by atoms with van der Waals surface area (Å²) >= 11 is 0. The van der Waals surface area contributed by atoms with Crippen LogP contribution in [0.3, 0.4) is 0 Å². The van der Waals surface area contributed by atoms with Gasteiger partial charge in [0.2, 0.25) is 0 Å². The zero-order valence-electron chi connectivity index (χ0n) is 11.5. The topological polar surface area (TPSA) is 0 Å². The molecule has 0 heterocycles. The van der Waals surface area contributed by atoms with Crippen LogP contribution in [-0.2, 0) is 18.0 Å². The molecular formula is C15H21F3. The quantitative estimate of drug-likeness (QED) is 0.686. The molecular weight excluding hydrogens is 237 g/mol. The van der Waals surface area contributed by atoms with E-state index in [9.17, 15) is 13.2 Å². The summed E-state index contributed by atoms with van der Waals surface area (Å²) in [5, 5.41) is 0. The Balaban J connectivity index is 3.21. The van der Waals surface area contributed by atoms with Crippen LogP contribution in [0.2, 0.25) is 0 Å². The smallest absolute Gasteiger partial charge is 0.166 e. The second-order valence-electron chi connectivity index (χ2n) is 5.72. The van der Waals surface area contributed by atoms with Gasteiger partial charge in [0, 0.05) is 0 Å². The van der Waals surface area contributed by atoms with Gasteiger partial charge in [0.15, 0.2) is 0 Å². The highest BCUT2D eigenvalue weighted by atomic mass is 19.4. The van der Waals surface area contributed by atoms with E-state index in [0.717, 1.165) is 30.4 Å². The average Bonchev–Trinajstić information content (AvgIpc) is 2.23. The summed E-state index contributed by atoms with van der Waals surface area (Å²) in [4.78, 5) is 0. The van der Waals surface area contributed by atoms with E-state index in [1.807, 2.05) is 20.8 Å². The molecule has 0 aliphatic carbocycles. The first-order valence-electron chi connectivity index (χ1n) is 6.37. The number of aryl methyl sites for hydroxylation is 1. The van der Waals surface area contributed by atoms with E-state index < -0.39 is 11.7 Å². The lowest BCUT2D eigenvalue weighted by Crippen LogP contribution is -2.17. The molecule has 0 fully saturated rings. The Morgan fingerprint density at radius 1 is 1.06 bits per heavy atom. The zero-order valence-corrected chi connectivity index (χ0v) is 11.5. The van der Waals surface area contributed by atoms with E-state index in [1.165, 1.54) is 12.1 Å². The van der Waals surface area contributed by atoms with Crippen molar-refractivity contribution < 1.29 is 13.2 Å². The van der Waals surface area contributed by atoms with Gasteiger partial charge in [0.25, 0.3) is 0 Å². The summed E-state index contributed by atoms with van der Waals surface area (Å²) in [6.45, 7) is 7.95. The van der Waals surface area contributed by atoms with Crippen molar-refractivity contribution in [3.63, 3.8) is 0 Å². The van der Waals surface area contributed by atoms with E-state index in [2.05, 4.69) is 6.92 Å². The molecule has 0 unspecified atom stereocenters. The molecule has 0 amide bonds. The molecule has 0 radical (unpaired) electrons. The molecule has 0 nitrogen and oxygen atoms in total. The molecule has 0 spiro atoms. The second kappa shape index (κ2) is 5.33. The predicted molar refractivity (Wildman–Crippen MR) is 68.8 cm³/mol. The molecule has 0 bridgehead atoms. The molecule has 1 aromatic rings. The van der Waals surface area contributed by atoms with Crippen LogP contribution < -0.4 is 0 Å². The van der Waals surface area contributed by atoms with Gasteiger partial charge in [0.1, 0.15) is 0 Å². The van der Waals surface area contributed by atoms with Crippen LogP contribution >= 0.6 is 0 Å². The van der Waals surface area contributed by atoms with Gasteiger partial charge in [-0.25, -0.2) is 0 Å². The molecule has 1 aromatic carbocycles. The van der Waals surface area contributed by atoms with Gasteiger partial charge in [0.05, 0.1) is 5.56 Å². The van der Waals surface area contributed by atoms with Crippen molar-refractivity contribution in [1.29, 1.82) is 0 Å². The van der Waals surface area contributed by atoms with Gasteiger partial charge in [-0.1, -0.05) is 40.2 Å². The van der Waals surface area contributed by atoms with Crippen molar-refractivity contribution in [2.24, 2.45) is 0 Å². The van der Waals surface area contributed by atoms with Gasteiger partial charge in [-0.3, -0.25) is 0 Å². The SMILES string of the molecule is CCCCc1ccc(C(F)(F)F)cc1C(C)(C)C. The Bertz CT molecular complexity index is 397. The highest BCUT2D eigenvalue weighted by Crippen LogP contribution is 2.34. The lowest BCUT2D eigenvalue weighted by molar-refractivity contribution is -0.137. The lowest BCUT2D eigenvalue weighted by atomic mass is 9.81. The summed E-state index contributed by atoms with van der Waals surface area (Å²) < 4.78 is 38.2. The number of hydrogen-bond donors (Lipinski definition) is 0. The highest BCUT2D eigenvalue weighted by molar-refractivity contribution is 5.38. The molecule has 0 N–H and O–H groups in total. The van der Waals surface area contributed by atoms with E-state index in [4.69, 9.17) is 0 Å². The summed E-state index contributed by atoms with van der Waals surface area (Å²) in [6.07, 6.45) is -1.36. The molecule has 1 rings (SSSR count). The predicted octanol–water partition coefficient (Wildman–Crippen LogP) is 5.35. The van der Waals surface area contributed by atoms with Crippen molar-refractivity contribution in [1.82, 2.24) is 0 Å². The molecule has 0 aromatic heterocycles. The number of rotatable bonds is 3. The normalized spacial score (nSPS) is 12.8. The Morgan fingerprint density at radius 3 is 2.11 bits per heavy atom. The number of benzene rings is 1. The van der Waals surface area contributed by atoms with Gasteiger partial charge < -0.3 is 0 Å². The van der Waals surface area contributed by atoms with E-state index in [0.29, 0.717) is 0 Å². The zero-order chi connectivity index (χ0) is 14.0. The van der Waals surface area contributed by atoms with Gasteiger partial charge in [-0.15, -0.1) is 0 Å². The average molecular weight is 258 g/mol. The Hall–Kier alpha value is -0.990. The molecule has 0 saturated heterocycles. The fraction of sp³-hybridized carbons (Fsp3) is 0.600. The lowest BCUT2D eigenvalue weighted by Gasteiger charge is -2.24. The highest BCUT2D eigenvalue weighted by Gasteiger charge is 2.32. The molecule has 102 valence electrons. The number of hydrogen-bond acceptors (Lipinski definition) is 0. The first-order valence-corrected chi connectivity index (χ1v) is 6.37. The Morgan fingerprint density at radius 2 is 1.67 bits per heavy atom. The van der Waals surface area contributed by atoms with Crippen LogP contribution in [0.1, 0.15) is 57.2 Å². The van der Waals surface area contributed by atoms with Crippen LogP contribution in [0.15, 0.2) is 18.2 Å². The number of unbranched alkanes of at least 4 members (excludes halogenated alkanes) is 1. The Kier molecular flexibility index (Phi) is 4.46. The summed E-state index contributed by atoms with van der Waals surface area (Å²) in [6, 6.07) is 4.14. The maximum absolute atomic E-state index is 12.7. The fourth-order valence-corrected chi connectivity index (χ4v) is 2.04. The van der Waals surface area contributed by atoms with Crippen molar-refractivity contribution >= 4 is 0 Å². The molecule has 3 heteroatoms. The van der Waals surface area contributed by atoms with Crippen LogP contribution in [0.25, 0.3) is 0 Å². The van der Waals surface area contributed by atoms with Crippen LogP contribution in [0, 0.1) is 0 Å². The summed E-state index contributed by atoms with van der Waals surface area (Å²) in [7, 11) is 0. The molecule has 0 atom stereocenters. The van der Waals surface area contributed by atoms with Crippen molar-refractivity contribution in [3.05, 3.63) is 34.9 Å². The van der Waals surface area contributed by atoms with Crippen LogP contribution in [0.5, 0.6) is 0 Å². The maximum Gasteiger partial charge on any atom is 0.416 e. The second-order valence-corrected chi connectivity index (χ2v) is 5.72. The third kappa shape index (κ3) is 3.76. The largest absolute Gasteiger partial charge is 0.416 e. The first kappa shape index (κ1) is 15.1. The van der Waals surface area contributed by atoms with Crippen molar-refractivity contribution in [2.75, 3.05) is 0 Å². The summed E-state index contributed by atoms with van der Waals surface area (Å²) in [5.41, 5.74) is 1.04. The van der Waals surface area contributed by atoms with Gasteiger partial charge in [-0.2, -0.15) is 13.2 Å². The minimum atomic E-state index is -4.26. The summed E-state index contributed by atoms with van der Waals surface area (Å²) in [5.74, 6) is 0. The number of alkyl halides is 3. The van der Waals surface area contributed by atoms with Gasteiger partial charge >= 0.3 is 6.18 Å². The van der Waals surface area contributed by atoms with Crippen molar-refractivity contribution in [2.45, 2.75) is 58.5 Å². The van der Waals surface area contributed by atoms with Crippen molar-refractivity contribution in [3.8, 4) is 0 Å². The first-order chi connectivity index (χ1) is 8.16. The number of halogens is 3. The molecule has 18 heavy (non-hydrogen) atoms. The third-order valence-corrected chi connectivity index (χ3v) is 3.04. The minimum Gasteiger partial charge on any atom is -0.166 e. The molecule has 0 aliphatic rings. The van der Waals surface area contributed by atoms with Crippen LogP contribution in [-0.4, -0.2) is 0 Å². The Labute approximate surface area is 107 Å². The van der Waals surface area contributed by atoms with Gasteiger partial charge in [-0.05, 0) is 41.5 Å². The standard InChI is InChI=1S/C15H21F3/c1-5-6-7-11-8-9-12(15(16,17)18)10-13(11)14(2,3)4/h8-10H,5-7H2,1-4H3. The third-order valence-electron chi connectivity index (χ3n) is 3.04. The van der Waals surface area contributed by atoms with E-state index in [-0.39, 0.29) is 5.41 Å². The molecule has 0 aliphatic heterocycles. The molecule has 0 saturated carbocycles. The van der Waals surface area contributed by atoms with E-state index in [1.54, 1.807) is 6.07 Å². The van der Waals surface area contributed by atoms with E-state index >= 15 is 0 Å². The fourth-order valence-electron chi connectivity index (χ4n) is 2.04. The monoisotopic (exact) mass is 258 g/mol.